The number of esters is 1. The molecule has 0 unspecified atom stereocenters. The van der Waals surface area contributed by atoms with Crippen molar-refractivity contribution < 1.29 is 14.3 Å². The highest BCUT2D eigenvalue weighted by atomic mass is 16.5. The fourth-order valence-corrected chi connectivity index (χ4v) is 3.25. The van der Waals surface area contributed by atoms with Crippen molar-refractivity contribution in [2.24, 2.45) is 0 Å². The highest BCUT2D eigenvalue weighted by Crippen LogP contribution is 2.21. The van der Waals surface area contributed by atoms with Crippen molar-refractivity contribution in [3.63, 3.8) is 0 Å². The van der Waals surface area contributed by atoms with Gasteiger partial charge in [-0.25, -0.2) is 4.79 Å². The summed E-state index contributed by atoms with van der Waals surface area (Å²) >= 11 is 0. The molecule has 0 atom stereocenters. The molecule has 0 spiro atoms. The summed E-state index contributed by atoms with van der Waals surface area (Å²) in [5, 5.41) is 0. The second-order valence-electron chi connectivity index (χ2n) is 7.82. The number of carbonyl (C=O) groups is 1. The summed E-state index contributed by atoms with van der Waals surface area (Å²) in [4.78, 5) is 16.3. The van der Waals surface area contributed by atoms with Gasteiger partial charge in [-0.05, 0) is 56.2 Å². The number of allylic oxidation sites excluding steroid dienone is 1. The summed E-state index contributed by atoms with van der Waals surface area (Å²) in [6, 6.07) is 12.2. The number of carbonyl (C=O) groups excluding carboxylic acids is 1. The first kappa shape index (κ1) is 24.8. The molecule has 0 N–H and O–H groups in total. The van der Waals surface area contributed by atoms with Crippen LogP contribution in [0, 0.1) is 0 Å². The van der Waals surface area contributed by atoms with Gasteiger partial charge < -0.3 is 9.47 Å². The summed E-state index contributed by atoms with van der Waals surface area (Å²) < 4.78 is 10.8. The summed E-state index contributed by atoms with van der Waals surface area (Å²) in [5.74, 6) is 0.110. The van der Waals surface area contributed by atoms with Crippen molar-refractivity contribution in [2.45, 2.75) is 71.6 Å². The van der Waals surface area contributed by atoms with Crippen LogP contribution in [0.1, 0.15) is 70.8 Å². The van der Waals surface area contributed by atoms with Gasteiger partial charge >= 0.3 is 5.97 Å². The third kappa shape index (κ3) is 10.4. The lowest BCUT2D eigenvalue weighted by molar-refractivity contribution is -0.129. The van der Waals surface area contributed by atoms with E-state index in [1.165, 1.54) is 37.3 Å². The summed E-state index contributed by atoms with van der Waals surface area (Å²) in [5.41, 5.74) is 3.27. The number of rotatable bonds is 15. The first-order chi connectivity index (χ1) is 15.2. The molecule has 0 fully saturated rings. The fourth-order valence-electron chi connectivity index (χ4n) is 3.25. The quantitative estimate of drug-likeness (QED) is 0.177. The lowest BCUT2D eigenvalue weighted by Crippen LogP contribution is -2.04. The van der Waals surface area contributed by atoms with Gasteiger partial charge in [0.05, 0.1) is 11.9 Å². The Kier molecular flexibility index (Phi) is 12.3. The van der Waals surface area contributed by atoms with E-state index in [0.717, 1.165) is 56.6 Å². The van der Waals surface area contributed by atoms with Gasteiger partial charge in [0.1, 0.15) is 5.75 Å². The molecule has 0 aliphatic carbocycles. The molecule has 1 aromatic heterocycles. The first-order valence-electron chi connectivity index (χ1n) is 11.7. The van der Waals surface area contributed by atoms with Crippen LogP contribution in [0.2, 0.25) is 0 Å². The van der Waals surface area contributed by atoms with E-state index in [9.17, 15) is 4.79 Å². The van der Waals surface area contributed by atoms with Crippen LogP contribution in [0.15, 0.2) is 54.7 Å². The SMILES string of the molecule is CCCCCC=CC(=O)Oc1ccc(-c2ccc(CCCCCOCCC)cc2)nc1. The molecule has 2 aromatic rings. The predicted octanol–water partition coefficient (Wildman–Crippen LogP) is 6.93. The van der Waals surface area contributed by atoms with Gasteiger partial charge in [-0.2, -0.15) is 0 Å². The Morgan fingerprint density at radius 2 is 1.74 bits per heavy atom. The molecule has 0 amide bonds. The number of unbranched alkanes of at least 4 members (excludes halogenated alkanes) is 5. The van der Waals surface area contributed by atoms with E-state index in [0.29, 0.717) is 5.75 Å². The van der Waals surface area contributed by atoms with E-state index in [1.807, 2.05) is 12.1 Å². The molecule has 0 radical (unpaired) electrons. The third-order valence-corrected chi connectivity index (χ3v) is 5.04. The number of nitrogens with zero attached hydrogens (tertiary/aromatic N) is 1. The van der Waals surface area contributed by atoms with E-state index < -0.39 is 0 Å². The minimum absolute atomic E-state index is 0.354. The molecule has 0 aliphatic rings. The molecular weight excluding hydrogens is 386 g/mol. The molecule has 1 heterocycles. The zero-order valence-electron chi connectivity index (χ0n) is 19.1. The van der Waals surface area contributed by atoms with E-state index >= 15 is 0 Å². The Hall–Kier alpha value is -2.46. The highest BCUT2D eigenvalue weighted by Gasteiger charge is 2.04. The van der Waals surface area contributed by atoms with Crippen molar-refractivity contribution in [2.75, 3.05) is 13.2 Å². The standard InChI is InChI=1S/C27H37NO3/c1-3-5-6-7-10-13-27(29)31-25-18-19-26(28-22-25)24-16-14-23(15-17-24)12-9-8-11-21-30-20-4-2/h10,13-19,22H,3-9,11-12,20-21H2,1-2H3. The Labute approximate surface area is 187 Å². The normalized spacial score (nSPS) is 11.2. The lowest BCUT2D eigenvalue weighted by Gasteiger charge is -2.06. The second kappa shape index (κ2) is 15.4. The number of aromatic nitrogens is 1. The zero-order chi connectivity index (χ0) is 22.2. The zero-order valence-corrected chi connectivity index (χ0v) is 19.1. The van der Waals surface area contributed by atoms with Gasteiger partial charge in [0.2, 0.25) is 0 Å². The van der Waals surface area contributed by atoms with E-state index in [4.69, 9.17) is 9.47 Å². The molecule has 1 aromatic carbocycles. The molecule has 2 rings (SSSR count). The molecule has 0 aliphatic heterocycles. The van der Waals surface area contributed by atoms with Crippen molar-refractivity contribution in [1.29, 1.82) is 0 Å². The monoisotopic (exact) mass is 423 g/mol. The molecule has 0 bridgehead atoms. The Morgan fingerprint density at radius 3 is 2.45 bits per heavy atom. The molecule has 0 saturated heterocycles. The number of aryl methyl sites for hydroxylation is 1. The number of pyridine rings is 1. The average Bonchev–Trinajstić information content (AvgIpc) is 2.79. The van der Waals surface area contributed by atoms with Crippen LogP contribution in [0.4, 0.5) is 0 Å². The van der Waals surface area contributed by atoms with Gasteiger partial charge in [0, 0.05) is 24.9 Å². The summed E-state index contributed by atoms with van der Waals surface area (Å²) in [6.45, 7) is 6.04. The van der Waals surface area contributed by atoms with Crippen molar-refractivity contribution in [3.05, 3.63) is 60.3 Å². The highest BCUT2D eigenvalue weighted by molar-refractivity contribution is 5.84. The third-order valence-electron chi connectivity index (χ3n) is 5.04. The van der Waals surface area contributed by atoms with Crippen LogP contribution >= 0.6 is 0 Å². The van der Waals surface area contributed by atoms with E-state index in [2.05, 4.69) is 43.1 Å². The number of hydrogen-bond acceptors (Lipinski definition) is 4. The van der Waals surface area contributed by atoms with E-state index in [1.54, 1.807) is 12.3 Å². The molecule has 168 valence electrons. The maximum Gasteiger partial charge on any atom is 0.335 e. The van der Waals surface area contributed by atoms with Gasteiger partial charge in [-0.15, -0.1) is 0 Å². The van der Waals surface area contributed by atoms with Crippen LogP contribution in [0.3, 0.4) is 0 Å². The van der Waals surface area contributed by atoms with Gasteiger partial charge in [-0.3, -0.25) is 4.98 Å². The average molecular weight is 424 g/mol. The Bertz CT molecular complexity index is 766. The summed E-state index contributed by atoms with van der Waals surface area (Å²) in [7, 11) is 0. The van der Waals surface area contributed by atoms with Gasteiger partial charge in [-0.1, -0.05) is 63.5 Å². The number of benzene rings is 1. The number of hydrogen-bond donors (Lipinski definition) is 0. The molecule has 31 heavy (non-hydrogen) atoms. The predicted molar refractivity (Wildman–Crippen MR) is 127 cm³/mol. The molecule has 4 heteroatoms. The van der Waals surface area contributed by atoms with Crippen LogP contribution < -0.4 is 4.74 Å². The minimum Gasteiger partial charge on any atom is -0.422 e. The van der Waals surface area contributed by atoms with Crippen LogP contribution in [-0.4, -0.2) is 24.2 Å². The second-order valence-corrected chi connectivity index (χ2v) is 7.82. The first-order valence-corrected chi connectivity index (χ1v) is 11.7. The van der Waals surface area contributed by atoms with Crippen molar-refractivity contribution >= 4 is 5.97 Å². The summed E-state index contributed by atoms with van der Waals surface area (Å²) in [6.07, 6.45) is 15.0. The smallest absolute Gasteiger partial charge is 0.335 e. The van der Waals surface area contributed by atoms with Gasteiger partial charge in [0.25, 0.3) is 0 Å². The number of ether oxygens (including phenoxy) is 2. The minimum atomic E-state index is -0.354. The maximum atomic E-state index is 11.9. The molecule has 0 saturated carbocycles. The van der Waals surface area contributed by atoms with Crippen LogP contribution in [-0.2, 0) is 16.0 Å². The Morgan fingerprint density at radius 1 is 0.903 bits per heavy atom. The van der Waals surface area contributed by atoms with Crippen LogP contribution in [0.5, 0.6) is 5.75 Å². The Balaban J connectivity index is 1.75. The van der Waals surface area contributed by atoms with Crippen molar-refractivity contribution in [1.82, 2.24) is 4.98 Å². The van der Waals surface area contributed by atoms with Gasteiger partial charge in [0.15, 0.2) is 0 Å². The maximum absolute atomic E-state index is 11.9. The largest absolute Gasteiger partial charge is 0.422 e. The van der Waals surface area contributed by atoms with E-state index in [-0.39, 0.29) is 5.97 Å². The molecule has 4 nitrogen and oxygen atoms in total. The van der Waals surface area contributed by atoms with Crippen LogP contribution in [0.25, 0.3) is 11.3 Å². The van der Waals surface area contributed by atoms with Crippen molar-refractivity contribution in [3.8, 4) is 17.0 Å². The molecular formula is C27H37NO3. The topological polar surface area (TPSA) is 48.4 Å². The lowest BCUT2D eigenvalue weighted by atomic mass is 10.0. The fraction of sp³-hybridized carbons (Fsp3) is 0.481.